The van der Waals surface area contributed by atoms with Crippen LogP contribution in [0.4, 0.5) is 0 Å². The smallest absolute Gasteiger partial charge is 0.228 e. The van der Waals surface area contributed by atoms with Gasteiger partial charge in [0.2, 0.25) is 11.7 Å². The van der Waals surface area contributed by atoms with Crippen molar-refractivity contribution < 1.29 is 9.53 Å². The number of amides is 1. The van der Waals surface area contributed by atoms with E-state index in [9.17, 15) is 4.79 Å². The van der Waals surface area contributed by atoms with E-state index in [0.29, 0.717) is 12.2 Å². The van der Waals surface area contributed by atoms with Crippen molar-refractivity contribution in [3.8, 4) is 11.4 Å². The number of tetrazole rings is 1. The normalized spacial score (nSPS) is 16.0. The molecule has 0 radical (unpaired) electrons. The highest BCUT2D eigenvalue weighted by Crippen LogP contribution is 2.27. The van der Waals surface area contributed by atoms with Crippen LogP contribution in [0.25, 0.3) is 11.4 Å². The monoisotopic (exact) mass is 343 g/mol. The third-order valence-electron chi connectivity index (χ3n) is 4.84. The molecule has 1 aliphatic heterocycles. The number of nitrogens with zero attached hydrogens (tertiary/aromatic N) is 4. The second-order valence-electron chi connectivity index (χ2n) is 7.25. The maximum Gasteiger partial charge on any atom is 0.228 e. The van der Waals surface area contributed by atoms with Crippen molar-refractivity contribution in [3.63, 3.8) is 0 Å². The molecule has 1 amide bonds. The first-order chi connectivity index (χ1) is 12.0. The molecule has 1 aromatic carbocycles. The van der Waals surface area contributed by atoms with Crippen LogP contribution in [-0.4, -0.2) is 57.7 Å². The molecule has 0 unspecified atom stereocenters. The first-order valence-corrected chi connectivity index (χ1v) is 8.65. The van der Waals surface area contributed by atoms with E-state index in [1.54, 1.807) is 0 Å². The van der Waals surface area contributed by atoms with Crippen LogP contribution >= 0.6 is 0 Å². The molecule has 134 valence electrons. The number of aromatic nitrogens is 4. The van der Waals surface area contributed by atoms with E-state index in [0.717, 1.165) is 37.2 Å². The number of hydrogen-bond donors (Lipinski definition) is 1. The van der Waals surface area contributed by atoms with Crippen molar-refractivity contribution in [2.45, 2.75) is 39.2 Å². The summed E-state index contributed by atoms with van der Waals surface area (Å²) in [4.78, 5) is 14.9. The van der Waals surface area contributed by atoms with Crippen LogP contribution in [0.15, 0.2) is 24.3 Å². The molecule has 0 spiro atoms. The molecule has 1 fully saturated rings. The Bertz CT molecular complexity index is 691. The number of rotatable bonds is 5. The van der Waals surface area contributed by atoms with Crippen LogP contribution in [-0.2, 0) is 16.0 Å². The van der Waals surface area contributed by atoms with E-state index in [1.807, 2.05) is 50.1 Å². The molecular weight excluding hydrogens is 318 g/mol. The molecule has 3 rings (SSSR count). The largest absolute Gasteiger partial charge is 0.381 e. The van der Waals surface area contributed by atoms with Crippen LogP contribution < -0.4 is 0 Å². The van der Waals surface area contributed by atoms with E-state index < -0.39 is 5.41 Å². The summed E-state index contributed by atoms with van der Waals surface area (Å²) in [6, 6.07) is 8.25. The number of carbonyl (C=O) groups excluding carboxylic acids is 1. The molecule has 0 bridgehead atoms. The van der Waals surface area contributed by atoms with Gasteiger partial charge in [-0.15, -0.1) is 10.2 Å². The topological polar surface area (TPSA) is 84.0 Å². The number of hydrogen-bond acceptors (Lipinski definition) is 5. The third-order valence-corrected chi connectivity index (χ3v) is 4.84. The fourth-order valence-electron chi connectivity index (χ4n) is 3.36. The van der Waals surface area contributed by atoms with Crippen LogP contribution in [0.1, 0.15) is 32.3 Å². The Morgan fingerprint density at radius 1 is 1.28 bits per heavy atom. The quantitative estimate of drug-likeness (QED) is 0.898. The van der Waals surface area contributed by atoms with Gasteiger partial charge in [-0.3, -0.25) is 4.79 Å². The molecule has 2 aromatic rings. The van der Waals surface area contributed by atoms with Crippen molar-refractivity contribution in [2.24, 2.45) is 5.41 Å². The lowest BCUT2D eigenvalue weighted by Gasteiger charge is -2.36. The summed E-state index contributed by atoms with van der Waals surface area (Å²) in [5, 5.41) is 14.0. The van der Waals surface area contributed by atoms with Crippen molar-refractivity contribution in [1.82, 2.24) is 25.5 Å². The van der Waals surface area contributed by atoms with Gasteiger partial charge in [0.15, 0.2) is 0 Å². The molecule has 2 heterocycles. The minimum absolute atomic E-state index is 0.182. The zero-order valence-corrected chi connectivity index (χ0v) is 15.0. The Kier molecular flexibility index (Phi) is 5.13. The van der Waals surface area contributed by atoms with Crippen LogP contribution in [0.2, 0.25) is 0 Å². The van der Waals surface area contributed by atoms with Crippen molar-refractivity contribution in [2.75, 3.05) is 20.3 Å². The lowest BCUT2D eigenvalue weighted by molar-refractivity contribution is -0.142. The van der Waals surface area contributed by atoms with E-state index in [4.69, 9.17) is 4.74 Å². The molecule has 1 aromatic heterocycles. The highest BCUT2D eigenvalue weighted by atomic mass is 16.5. The van der Waals surface area contributed by atoms with Gasteiger partial charge >= 0.3 is 0 Å². The highest BCUT2D eigenvalue weighted by Gasteiger charge is 2.34. The number of aromatic amines is 1. The predicted molar refractivity (Wildman–Crippen MR) is 93.7 cm³/mol. The summed E-state index contributed by atoms with van der Waals surface area (Å²) in [7, 11) is 1.92. The zero-order chi connectivity index (χ0) is 17.9. The second kappa shape index (κ2) is 7.31. The molecule has 0 aliphatic carbocycles. The van der Waals surface area contributed by atoms with Crippen LogP contribution in [0.5, 0.6) is 0 Å². The summed E-state index contributed by atoms with van der Waals surface area (Å²) < 4.78 is 5.40. The van der Waals surface area contributed by atoms with Gasteiger partial charge in [0, 0.05) is 37.3 Å². The van der Waals surface area contributed by atoms with Crippen molar-refractivity contribution >= 4 is 5.91 Å². The summed E-state index contributed by atoms with van der Waals surface area (Å²) in [5.74, 6) is 0.753. The van der Waals surface area contributed by atoms with Gasteiger partial charge in [0.1, 0.15) is 0 Å². The van der Waals surface area contributed by atoms with Gasteiger partial charge in [-0.1, -0.05) is 38.1 Å². The number of H-pyrrole nitrogens is 1. The molecular formula is C18H25N5O2. The van der Waals surface area contributed by atoms with Gasteiger partial charge in [-0.05, 0) is 30.0 Å². The molecule has 7 nitrogen and oxygen atoms in total. The lowest BCUT2D eigenvalue weighted by atomic mass is 9.83. The van der Waals surface area contributed by atoms with Crippen LogP contribution in [0, 0.1) is 5.41 Å². The SMILES string of the molecule is CN(C(=O)C(C)(C)Cc1ccc(-c2nn[nH]n2)cc1)C1CCOCC1. The first-order valence-electron chi connectivity index (χ1n) is 8.65. The fraction of sp³-hybridized carbons (Fsp3) is 0.556. The molecule has 25 heavy (non-hydrogen) atoms. The van der Waals surface area contributed by atoms with Gasteiger partial charge < -0.3 is 9.64 Å². The van der Waals surface area contributed by atoms with Gasteiger partial charge in [0.05, 0.1) is 0 Å². The highest BCUT2D eigenvalue weighted by molar-refractivity contribution is 5.82. The number of benzene rings is 1. The number of nitrogens with one attached hydrogen (secondary N) is 1. The summed E-state index contributed by atoms with van der Waals surface area (Å²) in [6.07, 6.45) is 2.52. The molecule has 0 atom stereocenters. The van der Waals surface area contributed by atoms with E-state index >= 15 is 0 Å². The van der Waals surface area contributed by atoms with Crippen molar-refractivity contribution in [1.29, 1.82) is 0 Å². The standard InChI is InChI=1S/C18H25N5O2/c1-18(2,17(24)23(3)15-8-10-25-11-9-15)12-13-4-6-14(7-5-13)16-19-21-22-20-16/h4-7,15H,8-12H2,1-3H3,(H,19,20,21,22). The van der Waals surface area contributed by atoms with Gasteiger partial charge in [-0.25, -0.2) is 0 Å². The Balaban J connectivity index is 1.66. The first kappa shape index (κ1) is 17.5. The Labute approximate surface area is 147 Å². The molecule has 0 saturated carbocycles. The van der Waals surface area contributed by atoms with Crippen molar-refractivity contribution in [3.05, 3.63) is 29.8 Å². The maximum absolute atomic E-state index is 13.0. The molecule has 7 heteroatoms. The van der Waals surface area contributed by atoms with Gasteiger partial charge in [-0.2, -0.15) is 5.21 Å². The zero-order valence-electron chi connectivity index (χ0n) is 15.0. The minimum atomic E-state index is -0.458. The second-order valence-corrected chi connectivity index (χ2v) is 7.25. The summed E-state index contributed by atoms with van der Waals surface area (Å²) >= 11 is 0. The van der Waals surface area contributed by atoms with Crippen LogP contribution in [0.3, 0.4) is 0 Å². The average molecular weight is 343 g/mol. The average Bonchev–Trinajstić information content (AvgIpc) is 3.16. The van der Waals surface area contributed by atoms with Gasteiger partial charge in [0.25, 0.3) is 0 Å². The Morgan fingerprint density at radius 2 is 1.96 bits per heavy atom. The summed E-state index contributed by atoms with van der Waals surface area (Å²) in [6.45, 7) is 5.50. The lowest BCUT2D eigenvalue weighted by Crippen LogP contribution is -2.47. The summed E-state index contributed by atoms with van der Waals surface area (Å²) in [5.41, 5.74) is 1.56. The Morgan fingerprint density at radius 3 is 2.56 bits per heavy atom. The Hall–Kier alpha value is -2.28. The third kappa shape index (κ3) is 4.04. The predicted octanol–water partition coefficient (Wildman–Crippen LogP) is 2.07. The maximum atomic E-state index is 13.0. The molecule has 1 N–H and O–H groups in total. The van der Waals surface area contributed by atoms with E-state index in [1.165, 1.54) is 0 Å². The number of carbonyl (C=O) groups is 1. The van der Waals surface area contributed by atoms with E-state index in [2.05, 4.69) is 20.6 Å². The number of ether oxygens (including phenoxy) is 1. The van der Waals surface area contributed by atoms with E-state index in [-0.39, 0.29) is 11.9 Å². The fourth-order valence-corrected chi connectivity index (χ4v) is 3.36. The molecule has 1 aliphatic rings. The molecule has 1 saturated heterocycles. The minimum Gasteiger partial charge on any atom is -0.381 e.